The number of nitrogens with zero attached hydrogens (tertiary/aromatic N) is 1. The molecule has 0 spiro atoms. The van der Waals surface area contributed by atoms with Crippen LogP contribution in [0.15, 0.2) is 23.1 Å². The number of nitrogens with two attached hydrogens (primary N) is 1. The molecule has 6 heteroatoms. The Balaban J connectivity index is 2.33. The Labute approximate surface area is 127 Å². The summed E-state index contributed by atoms with van der Waals surface area (Å²) in [6, 6.07) is 4.90. The highest BCUT2D eigenvalue weighted by atomic mass is 32.2. The van der Waals surface area contributed by atoms with Crippen LogP contribution in [0.2, 0.25) is 0 Å². The van der Waals surface area contributed by atoms with Gasteiger partial charge in [0.05, 0.1) is 16.3 Å². The number of benzene rings is 1. The Bertz CT molecular complexity index is 611. The van der Waals surface area contributed by atoms with E-state index in [0.717, 1.165) is 31.6 Å². The van der Waals surface area contributed by atoms with Crippen LogP contribution in [0.4, 0.5) is 11.4 Å². The number of nitrogen functional groups attached to an aromatic ring is 1. The van der Waals surface area contributed by atoms with Gasteiger partial charge in [-0.05, 0) is 49.9 Å². The van der Waals surface area contributed by atoms with Gasteiger partial charge in [-0.1, -0.05) is 13.8 Å². The minimum atomic E-state index is -3.44. The lowest BCUT2D eigenvalue weighted by Gasteiger charge is -2.26. The molecule has 118 valence electrons. The molecule has 0 aromatic heterocycles. The quantitative estimate of drug-likeness (QED) is 0.839. The van der Waals surface area contributed by atoms with E-state index in [0.29, 0.717) is 11.1 Å². The average Bonchev–Trinajstić information content (AvgIpc) is 2.60. The lowest BCUT2D eigenvalue weighted by molar-refractivity contribution is 0.325. The highest BCUT2D eigenvalue weighted by Crippen LogP contribution is 2.34. The molecule has 1 aromatic carbocycles. The van der Waals surface area contributed by atoms with Crippen molar-refractivity contribution in [3.63, 3.8) is 0 Å². The molecular formula is C15H25N3O2S. The lowest BCUT2D eigenvalue weighted by atomic mass is 9.85. The zero-order chi connectivity index (χ0) is 15.7. The van der Waals surface area contributed by atoms with Gasteiger partial charge in [-0.2, -0.15) is 0 Å². The van der Waals surface area contributed by atoms with Crippen LogP contribution in [-0.4, -0.2) is 28.6 Å². The van der Waals surface area contributed by atoms with Crippen LogP contribution >= 0.6 is 0 Å². The number of sulfonamides is 1. The molecule has 3 N–H and O–H groups in total. The predicted octanol–water partition coefficient (Wildman–Crippen LogP) is 2.19. The molecular weight excluding hydrogens is 286 g/mol. The minimum Gasteiger partial charge on any atom is -0.397 e. The molecule has 1 aliphatic rings. The van der Waals surface area contributed by atoms with Crippen LogP contribution in [0, 0.1) is 5.41 Å². The van der Waals surface area contributed by atoms with E-state index in [1.807, 2.05) is 0 Å². The first-order chi connectivity index (χ1) is 9.75. The van der Waals surface area contributed by atoms with Crippen LogP contribution in [0.1, 0.15) is 33.1 Å². The molecule has 1 aromatic rings. The minimum absolute atomic E-state index is 0.262. The summed E-state index contributed by atoms with van der Waals surface area (Å²) in [5.41, 5.74) is 7.85. The van der Waals surface area contributed by atoms with E-state index in [1.165, 1.54) is 13.5 Å². The third-order valence-corrected chi connectivity index (χ3v) is 5.67. The third-order valence-electron chi connectivity index (χ3n) is 4.26. The maximum Gasteiger partial charge on any atom is 0.240 e. The SMILES string of the molecule is CNS(=O)(=O)c1ccc(N)c(N2CCCC(C)(C)CC2)c1. The van der Waals surface area contributed by atoms with Crippen molar-refractivity contribution in [2.75, 3.05) is 30.8 Å². The Morgan fingerprint density at radius 1 is 1.24 bits per heavy atom. The standard InChI is InChI=1S/C15H25N3O2S/c1-15(2)7-4-9-18(10-8-15)14-11-12(5-6-13(14)16)21(19,20)17-3/h5-6,11,17H,4,7-10,16H2,1-3H3. The molecule has 0 bridgehead atoms. The van der Waals surface area contributed by atoms with Crippen molar-refractivity contribution in [1.82, 2.24) is 4.72 Å². The summed E-state index contributed by atoms with van der Waals surface area (Å²) in [6.07, 6.45) is 3.35. The molecule has 0 atom stereocenters. The van der Waals surface area contributed by atoms with Crippen LogP contribution in [0.3, 0.4) is 0 Å². The van der Waals surface area contributed by atoms with Crippen molar-refractivity contribution in [2.45, 2.75) is 38.0 Å². The molecule has 0 amide bonds. The van der Waals surface area contributed by atoms with Crippen LogP contribution in [-0.2, 0) is 10.0 Å². The molecule has 1 heterocycles. The van der Waals surface area contributed by atoms with Gasteiger partial charge in [-0.25, -0.2) is 13.1 Å². The summed E-state index contributed by atoms with van der Waals surface area (Å²) in [6.45, 7) is 6.38. The lowest BCUT2D eigenvalue weighted by Crippen LogP contribution is -2.26. The normalized spacial score (nSPS) is 19.3. The summed E-state index contributed by atoms with van der Waals surface area (Å²) < 4.78 is 26.2. The van der Waals surface area contributed by atoms with E-state index < -0.39 is 10.0 Å². The zero-order valence-electron chi connectivity index (χ0n) is 13.0. The number of anilines is 2. The first-order valence-electron chi connectivity index (χ1n) is 7.33. The Hall–Kier alpha value is -1.27. The molecule has 1 saturated heterocycles. The van der Waals surface area contributed by atoms with Gasteiger partial charge in [0.1, 0.15) is 0 Å². The highest BCUT2D eigenvalue weighted by Gasteiger charge is 2.24. The number of hydrogen-bond donors (Lipinski definition) is 2. The Morgan fingerprint density at radius 2 is 1.95 bits per heavy atom. The predicted molar refractivity (Wildman–Crippen MR) is 86.9 cm³/mol. The number of nitrogens with one attached hydrogen (secondary N) is 1. The third kappa shape index (κ3) is 3.68. The molecule has 1 aliphatic heterocycles. The second kappa shape index (κ2) is 5.85. The van der Waals surface area contributed by atoms with Crippen molar-refractivity contribution in [3.8, 4) is 0 Å². The van der Waals surface area contributed by atoms with E-state index in [4.69, 9.17) is 5.73 Å². The summed E-state index contributed by atoms with van der Waals surface area (Å²) in [4.78, 5) is 2.47. The highest BCUT2D eigenvalue weighted by molar-refractivity contribution is 7.89. The van der Waals surface area contributed by atoms with Crippen molar-refractivity contribution in [3.05, 3.63) is 18.2 Å². The molecule has 0 unspecified atom stereocenters. The van der Waals surface area contributed by atoms with Crippen LogP contribution < -0.4 is 15.4 Å². The van der Waals surface area contributed by atoms with E-state index >= 15 is 0 Å². The van der Waals surface area contributed by atoms with E-state index in [9.17, 15) is 8.42 Å². The fourth-order valence-electron chi connectivity index (χ4n) is 2.75. The molecule has 2 rings (SSSR count). The van der Waals surface area contributed by atoms with Crippen molar-refractivity contribution in [1.29, 1.82) is 0 Å². The summed E-state index contributed by atoms with van der Waals surface area (Å²) in [5, 5.41) is 0. The van der Waals surface area contributed by atoms with Crippen molar-refractivity contribution >= 4 is 21.4 Å². The van der Waals surface area contributed by atoms with Gasteiger partial charge in [-0.3, -0.25) is 0 Å². The Kier molecular flexibility index (Phi) is 4.49. The fraction of sp³-hybridized carbons (Fsp3) is 0.600. The van der Waals surface area contributed by atoms with E-state index in [1.54, 1.807) is 18.2 Å². The van der Waals surface area contributed by atoms with Crippen molar-refractivity contribution in [2.24, 2.45) is 5.41 Å². The Morgan fingerprint density at radius 3 is 2.62 bits per heavy atom. The molecule has 1 fully saturated rings. The molecule has 0 radical (unpaired) electrons. The first kappa shape index (κ1) is 16.1. The topological polar surface area (TPSA) is 75.4 Å². The monoisotopic (exact) mass is 311 g/mol. The molecule has 21 heavy (non-hydrogen) atoms. The van der Waals surface area contributed by atoms with E-state index in [2.05, 4.69) is 23.5 Å². The maximum atomic E-state index is 11.9. The summed E-state index contributed by atoms with van der Waals surface area (Å²) in [5.74, 6) is 0. The molecule has 0 aliphatic carbocycles. The van der Waals surface area contributed by atoms with Crippen LogP contribution in [0.5, 0.6) is 0 Å². The number of hydrogen-bond acceptors (Lipinski definition) is 4. The zero-order valence-corrected chi connectivity index (χ0v) is 13.8. The summed E-state index contributed by atoms with van der Waals surface area (Å²) >= 11 is 0. The van der Waals surface area contributed by atoms with Gasteiger partial charge in [-0.15, -0.1) is 0 Å². The van der Waals surface area contributed by atoms with Gasteiger partial charge < -0.3 is 10.6 Å². The molecule has 0 saturated carbocycles. The second-order valence-electron chi connectivity index (χ2n) is 6.43. The fourth-order valence-corrected chi connectivity index (χ4v) is 3.50. The molecule has 5 nitrogen and oxygen atoms in total. The largest absolute Gasteiger partial charge is 0.397 e. The van der Waals surface area contributed by atoms with Crippen molar-refractivity contribution < 1.29 is 8.42 Å². The average molecular weight is 311 g/mol. The van der Waals surface area contributed by atoms with Gasteiger partial charge in [0.2, 0.25) is 10.0 Å². The van der Waals surface area contributed by atoms with Gasteiger partial charge in [0.15, 0.2) is 0 Å². The first-order valence-corrected chi connectivity index (χ1v) is 8.81. The smallest absolute Gasteiger partial charge is 0.240 e. The summed E-state index contributed by atoms with van der Waals surface area (Å²) in [7, 11) is -2.02. The number of rotatable bonds is 3. The van der Waals surface area contributed by atoms with Gasteiger partial charge in [0, 0.05) is 13.1 Å². The van der Waals surface area contributed by atoms with Gasteiger partial charge in [0.25, 0.3) is 0 Å². The second-order valence-corrected chi connectivity index (χ2v) is 8.32. The van der Waals surface area contributed by atoms with Crippen LogP contribution in [0.25, 0.3) is 0 Å². The maximum absolute atomic E-state index is 11.9. The van der Waals surface area contributed by atoms with Gasteiger partial charge >= 0.3 is 0 Å². The van der Waals surface area contributed by atoms with E-state index in [-0.39, 0.29) is 4.90 Å².